The highest BCUT2D eigenvalue weighted by Gasteiger charge is 2.17. The van der Waals surface area contributed by atoms with Gasteiger partial charge in [0, 0.05) is 13.0 Å². The predicted octanol–water partition coefficient (Wildman–Crippen LogP) is 2.40. The number of H-pyrrole nitrogens is 1. The minimum Gasteiger partial charge on any atom is -0.497 e. The molecule has 2 N–H and O–H groups in total. The van der Waals surface area contributed by atoms with Crippen molar-refractivity contribution < 1.29 is 13.2 Å². The Morgan fingerprint density at radius 2 is 2.00 bits per heavy atom. The molecule has 0 saturated carbocycles. The van der Waals surface area contributed by atoms with Crippen LogP contribution in [0.3, 0.4) is 0 Å². The molecule has 0 saturated heterocycles. The van der Waals surface area contributed by atoms with Crippen molar-refractivity contribution in [2.45, 2.75) is 18.2 Å². The maximum atomic E-state index is 12.4. The summed E-state index contributed by atoms with van der Waals surface area (Å²) in [6.07, 6.45) is 0.489. The number of sulfonamides is 1. The van der Waals surface area contributed by atoms with Gasteiger partial charge in [0.15, 0.2) is 0 Å². The fourth-order valence-electron chi connectivity index (χ4n) is 2.56. The molecule has 0 aliphatic carbocycles. The van der Waals surface area contributed by atoms with Crippen LogP contribution in [0.4, 0.5) is 0 Å². The summed E-state index contributed by atoms with van der Waals surface area (Å²) in [6.45, 7) is 2.02. The summed E-state index contributed by atoms with van der Waals surface area (Å²) >= 11 is 0. The summed E-state index contributed by atoms with van der Waals surface area (Å²) in [4.78, 5) is 7.88. The second kappa shape index (κ2) is 6.62. The maximum Gasteiger partial charge on any atom is 0.240 e. The number of para-hydroxylation sites is 2. The third kappa shape index (κ3) is 3.42. The van der Waals surface area contributed by atoms with E-state index >= 15 is 0 Å². The molecule has 0 aliphatic rings. The number of aromatic nitrogens is 2. The van der Waals surface area contributed by atoms with E-state index in [-0.39, 0.29) is 11.4 Å². The van der Waals surface area contributed by atoms with Gasteiger partial charge in [0.25, 0.3) is 0 Å². The Morgan fingerprint density at radius 3 is 2.71 bits per heavy atom. The Labute approximate surface area is 140 Å². The fourth-order valence-corrected chi connectivity index (χ4v) is 3.81. The van der Waals surface area contributed by atoms with Gasteiger partial charge in [-0.05, 0) is 42.8 Å². The summed E-state index contributed by atoms with van der Waals surface area (Å²) in [7, 11) is -2.01. The molecule has 0 atom stereocenters. The van der Waals surface area contributed by atoms with Crippen molar-refractivity contribution in [2.24, 2.45) is 0 Å². The molecule has 24 heavy (non-hydrogen) atoms. The summed E-state index contributed by atoms with van der Waals surface area (Å²) in [6, 6.07) is 12.6. The van der Waals surface area contributed by atoms with Crippen LogP contribution in [-0.2, 0) is 16.4 Å². The summed E-state index contributed by atoms with van der Waals surface area (Å²) in [5, 5.41) is 0. The van der Waals surface area contributed by atoms with Gasteiger partial charge >= 0.3 is 0 Å². The normalized spacial score (nSPS) is 11.8. The average molecular weight is 345 g/mol. The highest BCUT2D eigenvalue weighted by atomic mass is 32.2. The molecule has 2 aromatic carbocycles. The molecule has 1 heterocycles. The number of benzene rings is 2. The number of nitrogens with zero attached hydrogens (tertiary/aromatic N) is 1. The number of imidazole rings is 1. The van der Waals surface area contributed by atoms with Gasteiger partial charge < -0.3 is 9.72 Å². The largest absolute Gasteiger partial charge is 0.497 e. The van der Waals surface area contributed by atoms with Crippen LogP contribution in [0, 0.1) is 6.92 Å². The van der Waals surface area contributed by atoms with Gasteiger partial charge in [-0.25, -0.2) is 18.1 Å². The van der Waals surface area contributed by atoms with Gasteiger partial charge in [-0.2, -0.15) is 0 Å². The van der Waals surface area contributed by atoms with Crippen LogP contribution < -0.4 is 9.46 Å². The van der Waals surface area contributed by atoms with E-state index in [0.29, 0.717) is 17.7 Å². The molecular weight excluding hydrogens is 326 g/mol. The van der Waals surface area contributed by atoms with Crippen LogP contribution >= 0.6 is 0 Å². The van der Waals surface area contributed by atoms with E-state index in [4.69, 9.17) is 4.74 Å². The lowest BCUT2D eigenvalue weighted by molar-refractivity contribution is 0.414. The first kappa shape index (κ1) is 16.5. The van der Waals surface area contributed by atoms with Gasteiger partial charge in [0.05, 0.1) is 23.0 Å². The fraction of sp³-hybridized carbons (Fsp3) is 0.235. The molecule has 0 bridgehead atoms. The molecule has 126 valence electrons. The molecular formula is C17H19N3O3S. The zero-order valence-electron chi connectivity index (χ0n) is 13.5. The van der Waals surface area contributed by atoms with Gasteiger partial charge in [-0.15, -0.1) is 0 Å². The van der Waals surface area contributed by atoms with Crippen LogP contribution in [0.5, 0.6) is 5.75 Å². The van der Waals surface area contributed by atoms with Crippen molar-refractivity contribution in [3.8, 4) is 5.75 Å². The molecule has 0 spiro atoms. The van der Waals surface area contributed by atoms with E-state index in [9.17, 15) is 8.42 Å². The first-order chi connectivity index (χ1) is 11.5. The van der Waals surface area contributed by atoms with Crippen molar-refractivity contribution >= 4 is 21.1 Å². The number of ether oxygens (including phenoxy) is 1. The Balaban J connectivity index is 1.69. The predicted molar refractivity (Wildman–Crippen MR) is 92.7 cm³/mol. The number of hydrogen-bond donors (Lipinski definition) is 2. The van der Waals surface area contributed by atoms with E-state index in [2.05, 4.69) is 14.7 Å². The SMILES string of the molecule is COc1ccc(S(=O)(=O)NCCc2nc3ccccc3[nH]2)c(C)c1. The monoisotopic (exact) mass is 345 g/mol. The number of methoxy groups -OCH3 is 1. The van der Waals surface area contributed by atoms with Crippen molar-refractivity contribution in [1.82, 2.24) is 14.7 Å². The summed E-state index contributed by atoms with van der Waals surface area (Å²) in [5.74, 6) is 1.39. The summed E-state index contributed by atoms with van der Waals surface area (Å²) < 4.78 is 32.6. The van der Waals surface area contributed by atoms with Crippen LogP contribution in [0.1, 0.15) is 11.4 Å². The van der Waals surface area contributed by atoms with E-state index in [1.807, 2.05) is 24.3 Å². The number of hydrogen-bond acceptors (Lipinski definition) is 4. The molecule has 0 amide bonds. The van der Waals surface area contributed by atoms with Gasteiger partial charge in [0.2, 0.25) is 10.0 Å². The highest BCUT2D eigenvalue weighted by Crippen LogP contribution is 2.20. The Hall–Kier alpha value is -2.38. The minimum atomic E-state index is -3.56. The first-order valence-corrected chi connectivity index (χ1v) is 9.06. The molecule has 1 aromatic heterocycles. The number of rotatable bonds is 6. The molecule has 0 unspecified atom stereocenters. The van der Waals surface area contributed by atoms with Gasteiger partial charge in [0.1, 0.15) is 11.6 Å². The molecule has 0 aliphatic heterocycles. The van der Waals surface area contributed by atoms with Crippen LogP contribution in [0.25, 0.3) is 11.0 Å². The summed E-state index contributed by atoms with van der Waals surface area (Å²) in [5.41, 5.74) is 2.47. The molecule has 0 radical (unpaired) electrons. The quantitative estimate of drug-likeness (QED) is 0.718. The smallest absolute Gasteiger partial charge is 0.240 e. The lowest BCUT2D eigenvalue weighted by atomic mass is 10.2. The van der Waals surface area contributed by atoms with E-state index < -0.39 is 10.0 Å². The third-order valence-corrected chi connectivity index (χ3v) is 5.39. The molecule has 3 aromatic rings. The number of aryl methyl sites for hydroxylation is 1. The van der Waals surface area contributed by atoms with Crippen molar-refractivity contribution in [3.05, 3.63) is 53.9 Å². The van der Waals surface area contributed by atoms with Crippen molar-refractivity contribution in [2.75, 3.05) is 13.7 Å². The van der Waals surface area contributed by atoms with Crippen molar-refractivity contribution in [3.63, 3.8) is 0 Å². The molecule has 7 heteroatoms. The first-order valence-electron chi connectivity index (χ1n) is 7.57. The van der Waals surface area contributed by atoms with E-state index in [1.165, 1.54) is 0 Å². The maximum absolute atomic E-state index is 12.4. The van der Waals surface area contributed by atoms with Crippen LogP contribution in [0.2, 0.25) is 0 Å². The third-order valence-electron chi connectivity index (χ3n) is 3.76. The lowest BCUT2D eigenvalue weighted by Gasteiger charge is -2.10. The van der Waals surface area contributed by atoms with Crippen LogP contribution in [-0.4, -0.2) is 32.0 Å². The molecule has 0 fully saturated rings. The zero-order valence-corrected chi connectivity index (χ0v) is 14.4. The minimum absolute atomic E-state index is 0.257. The molecule has 6 nitrogen and oxygen atoms in total. The van der Waals surface area contributed by atoms with E-state index in [0.717, 1.165) is 16.9 Å². The Bertz CT molecular complexity index is 931. The number of nitrogens with one attached hydrogen (secondary N) is 2. The Kier molecular flexibility index (Phi) is 4.55. The number of fused-ring (bicyclic) bond motifs is 1. The molecule has 3 rings (SSSR count). The standard InChI is InChI=1S/C17H19N3O3S/c1-12-11-13(23-2)7-8-16(12)24(21,22)18-10-9-17-19-14-5-3-4-6-15(14)20-17/h3-8,11,18H,9-10H2,1-2H3,(H,19,20). The zero-order chi connectivity index (χ0) is 17.2. The topological polar surface area (TPSA) is 84.1 Å². The number of aromatic amines is 1. The van der Waals surface area contributed by atoms with Crippen LogP contribution in [0.15, 0.2) is 47.4 Å². The van der Waals surface area contributed by atoms with Gasteiger partial charge in [-0.1, -0.05) is 12.1 Å². The average Bonchev–Trinajstić information content (AvgIpc) is 2.96. The van der Waals surface area contributed by atoms with E-state index in [1.54, 1.807) is 32.2 Å². The Morgan fingerprint density at radius 1 is 1.21 bits per heavy atom. The highest BCUT2D eigenvalue weighted by molar-refractivity contribution is 7.89. The second-order valence-corrected chi connectivity index (χ2v) is 7.22. The van der Waals surface area contributed by atoms with Crippen molar-refractivity contribution in [1.29, 1.82) is 0 Å². The second-order valence-electron chi connectivity index (χ2n) is 5.48. The lowest BCUT2D eigenvalue weighted by Crippen LogP contribution is -2.26. The van der Waals surface area contributed by atoms with Gasteiger partial charge in [-0.3, -0.25) is 0 Å².